The molecule has 1 rings (SSSR count). The van der Waals surface area contributed by atoms with Crippen molar-refractivity contribution >= 4 is 39.9 Å². The van der Waals surface area contributed by atoms with Crippen molar-refractivity contribution in [1.29, 1.82) is 0 Å². The normalized spacial score (nSPS) is 14.1. The first kappa shape index (κ1) is 14.3. The molecule has 2 atom stereocenters. The van der Waals surface area contributed by atoms with Crippen LogP contribution in [0, 0.1) is 0 Å². The molecule has 1 aromatic heterocycles. The van der Waals surface area contributed by atoms with Crippen LogP contribution >= 0.6 is 23.2 Å². The van der Waals surface area contributed by atoms with E-state index < -0.39 is 16.7 Å². The summed E-state index contributed by atoms with van der Waals surface area (Å²) < 4.78 is 11.1. The highest BCUT2D eigenvalue weighted by molar-refractivity contribution is 7.84. The molecular weight excluding hydrogens is 285 g/mol. The van der Waals surface area contributed by atoms with Gasteiger partial charge in [0.2, 0.25) is 0 Å². The standard InChI is InChI=1S/C9H11Cl2N3O2S/c1-5(17(2)16)4-12-9(15)6-3-7(10)13-14-8(6)11/h3,5H,4H2,1-2H3,(H,12,15). The van der Waals surface area contributed by atoms with Crippen LogP contribution in [-0.2, 0) is 10.8 Å². The lowest BCUT2D eigenvalue weighted by atomic mass is 10.3. The van der Waals surface area contributed by atoms with Crippen molar-refractivity contribution in [3.63, 3.8) is 0 Å². The highest BCUT2D eigenvalue weighted by Crippen LogP contribution is 2.14. The van der Waals surface area contributed by atoms with E-state index in [0.717, 1.165) is 0 Å². The van der Waals surface area contributed by atoms with Crippen molar-refractivity contribution in [3.8, 4) is 0 Å². The van der Waals surface area contributed by atoms with Crippen LogP contribution in [-0.4, -0.2) is 38.4 Å². The zero-order valence-electron chi connectivity index (χ0n) is 9.24. The molecule has 5 nitrogen and oxygen atoms in total. The maximum Gasteiger partial charge on any atom is 0.254 e. The number of nitrogens with one attached hydrogen (secondary N) is 1. The third-order valence-corrected chi connectivity index (χ3v) is 3.84. The zero-order chi connectivity index (χ0) is 13.0. The molecule has 0 spiro atoms. The fourth-order valence-electron chi connectivity index (χ4n) is 0.961. The summed E-state index contributed by atoms with van der Waals surface area (Å²) in [6.07, 6.45) is 1.58. The number of nitrogens with zero attached hydrogens (tertiary/aromatic N) is 2. The second kappa shape index (κ2) is 6.28. The van der Waals surface area contributed by atoms with Gasteiger partial charge in [0.15, 0.2) is 10.3 Å². The van der Waals surface area contributed by atoms with Crippen LogP contribution in [0.3, 0.4) is 0 Å². The van der Waals surface area contributed by atoms with Crippen LogP contribution in [0.1, 0.15) is 17.3 Å². The number of hydrogen-bond donors (Lipinski definition) is 1. The summed E-state index contributed by atoms with van der Waals surface area (Å²) in [4.78, 5) is 11.7. The minimum atomic E-state index is -0.995. The molecular formula is C9H11Cl2N3O2S. The van der Waals surface area contributed by atoms with Gasteiger partial charge in [-0.1, -0.05) is 23.2 Å². The van der Waals surface area contributed by atoms with E-state index in [4.69, 9.17) is 23.2 Å². The molecule has 1 aromatic rings. The molecule has 0 bridgehead atoms. The van der Waals surface area contributed by atoms with E-state index in [1.54, 1.807) is 13.2 Å². The smallest absolute Gasteiger partial charge is 0.254 e. The van der Waals surface area contributed by atoms with Gasteiger partial charge in [0.1, 0.15) is 0 Å². The molecule has 0 aliphatic heterocycles. The number of carbonyl (C=O) groups excluding carboxylic acids is 1. The lowest BCUT2D eigenvalue weighted by molar-refractivity contribution is 0.0953. The molecule has 17 heavy (non-hydrogen) atoms. The molecule has 8 heteroatoms. The maximum atomic E-state index is 11.7. The van der Waals surface area contributed by atoms with Gasteiger partial charge in [-0.05, 0) is 13.0 Å². The van der Waals surface area contributed by atoms with Gasteiger partial charge >= 0.3 is 0 Å². The predicted molar refractivity (Wildman–Crippen MR) is 67.9 cm³/mol. The molecule has 1 heterocycles. The highest BCUT2D eigenvalue weighted by atomic mass is 35.5. The van der Waals surface area contributed by atoms with Crippen molar-refractivity contribution in [2.75, 3.05) is 12.8 Å². The summed E-state index contributed by atoms with van der Waals surface area (Å²) in [5.74, 6) is -0.413. The van der Waals surface area contributed by atoms with Crippen LogP contribution in [0.15, 0.2) is 6.07 Å². The molecule has 0 radical (unpaired) electrons. The second-order valence-electron chi connectivity index (χ2n) is 3.39. The van der Waals surface area contributed by atoms with Crippen molar-refractivity contribution in [3.05, 3.63) is 21.9 Å². The molecule has 0 aromatic carbocycles. The predicted octanol–water partition coefficient (Wildman–Crippen LogP) is 1.28. The lowest BCUT2D eigenvalue weighted by Crippen LogP contribution is -2.32. The van der Waals surface area contributed by atoms with Crippen molar-refractivity contribution in [1.82, 2.24) is 15.5 Å². The summed E-state index contributed by atoms with van der Waals surface area (Å²) in [5.41, 5.74) is 0.153. The number of halogens is 2. The van der Waals surface area contributed by atoms with E-state index in [1.165, 1.54) is 6.07 Å². The van der Waals surface area contributed by atoms with Gasteiger partial charge in [0, 0.05) is 28.9 Å². The Morgan fingerprint density at radius 2 is 2.18 bits per heavy atom. The Morgan fingerprint density at radius 1 is 1.53 bits per heavy atom. The number of rotatable bonds is 4. The average Bonchev–Trinajstić information content (AvgIpc) is 2.28. The Balaban J connectivity index is 2.70. The zero-order valence-corrected chi connectivity index (χ0v) is 11.6. The molecule has 1 N–H and O–H groups in total. The number of carbonyl (C=O) groups is 1. The first-order valence-electron chi connectivity index (χ1n) is 4.71. The van der Waals surface area contributed by atoms with E-state index >= 15 is 0 Å². The van der Waals surface area contributed by atoms with Crippen molar-refractivity contribution in [2.45, 2.75) is 12.2 Å². The molecule has 0 fully saturated rings. The molecule has 0 aliphatic carbocycles. The number of amides is 1. The van der Waals surface area contributed by atoms with Gasteiger partial charge in [-0.2, -0.15) is 0 Å². The number of aromatic nitrogens is 2. The monoisotopic (exact) mass is 295 g/mol. The van der Waals surface area contributed by atoms with E-state index in [-0.39, 0.29) is 27.7 Å². The third kappa shape index (κ3) is 4.22. The molecule has 1 amide bonds. The van der Waals surface area contributed by atoms with Crippen LogP contribution in [0.25, 0.3) is 0 Å². The molecule has 0 saturated carbocycles. The molecule has 2 unspecified atom stereocenters. The summed E-state index contributed by atoms with van der Waals surface area (Å²) >= 11 is 11.3. The van der Waals surface area contributed by atoms with E-state index in [1.807, 2.05) is 0 Å². The Morgan fingerprint density at radius 3 is 2.76 bits per heavy atom. The Bertz CT molecular complexity index is 456. The van der Waals surface area contributed by atoms with Gasteiger partial charge < -0.3 is 5.32 Å². The Labute approximate surface area is 111 Å². The highest BCUT2D eigenvalue weighted by Gasteiger charge is 2.14. The van der Waals surface area contributed by atoms with Gasteiger partial charge in [-0.15, -0.1) is 10.2 Å². The van der Waals surface area contributed by atoms with Crippen LogP contribution < -0.4 is 5.32 Å². The van der Waals surface area contributed by atoms with Gasteiger partial charge in [-0.25, -0.2) is 0 Å². The average molecular weight is 296 g/mol. The second-order valence-corrected chi connectivity index (χ2v) is 5.94. The molecule has 0 aliphatic rings. The van der Waals surface area contributed by atoms with E-state index in [9.17, 15) is 9.00 Å². The van der Waals surface area contributed by atoms with Crippen LogP contribution in [0.5, 0.6) is 0 Å². The topological polar surface area (TPSA) is 72.0 Å². The number of hydrogen-bond acceptors (Lipinski definition) is 4. The molecule has 0 saturated heterocycles. The summed E-state index contributed by atoms with van der Waals surface area (Å²) in [5, 5.41) is 9.57. The summed E-state index contributed by atoms with van der Waals surface area (Å²) in [7, 11) is -0.995. The van der Waals surface area contributed by atoms with Gasteiger partial charge in [0.05, 0.1) is 5.56 Å². The minimum absolute atomic E-state index is 0.0165. The lowest BCUT2D eigenvalue weighted by Gasteiger charge is -2.10. The first-order valence-corrected chi connectivity index (χ1v) is 7.08. The Hall–Kier alpha value is -0.720. The van der Waals surface area contributed by atoms with Gasteiger partial charge in [-0.3, -0.25) is 9.00 Å². The third-order valence-electron chi connectivity index (χ3n) is 2.08. The largest absolute Gasteiger partial charge is 0.351 e. The Kier molecular flexibility index (Phi) is 5.30. The first-order chi connectivity index (χ1) is 7.91. The summed E-state index contributed by atoms with van der Waals surface area (Å²) in [6.45, 7) is 2.06. The SMILES string of the molecule is CC(CNC(=O)c1cc(Cl)nnc1Cl)S(C)=O. The maximum absolute atomic E-state index is 11.7. The minimum Gasteiger partial charge on any atom is -0.351 e. The quantitative estimate of drug-likeness (QED) is 0.908. The van der Waals surface area contributed by atoms with Crippen molar-refractivity contribution in [2.24, 2.45) is 0 Å². The van der Waals surface area contributed by atoms with Crippen LogP contribution in [0.2, 0.25) is 10.3 Å². The fourth-order valence-corrected chi connectivity index (χ4v) is 1.60. The fraction of sp³-hybridized carbons (Fsp3) is 0.444. The van der Waals surface area contributed by atoms with Crippen molar-refractivity contribution < 1.29 is 9.00 Å². The molecule has 94 valence electrons. The summed E-state index contributed by atoms with van der Waals surface area (Å²) in [6, 6.07) is 1.33. The van der Waals surface area contributed by atoms with Gasteiger partial charge in [0.25, 0.3) is 5.91 Å². The van der Waals surface area contributed by atoms with Crippen LogP contribution in [0.4, 0.5) is 0 Å². The van der Waals surface area contributed by atoms with E-state index in [2.05, 4.69) is 15.5 Å². The van der Waals surface area contributed by atoms with E-state index in [0.29, 0.717) is 0 Å².